The molecule has 0 bridgehead atoms. The maximum Gasteiger partial charge on any atom is 0.286 e. The molecule has 18 heavy (non-hydrogen) atoms. The Labute approximate surface area is 117 Å². The Kier molecular flexibility index (Phi) is 4.33. The van der Waals surface area contributed by atoms with E-state index < -0.39 is 0 Å². The summed E-state index contributed by atoms with van der Waals surface area (Å²) in [7, 11) is 1.85. The van der Waals surface area contributed by atoms with Crippen molar-refractivity contribution < 1.29 is 9.53 Å². The lowest BCUT2D eigenvalue weighted by Crippen LogP contribution is -2.16. The van der Waals surface area contributed by atoms with E-state index in [0.717, 1.165) is 4.47 Å². The molecule has 1 heterocycles. The first-order chi connectivity index (χ1) is 8.65. The molecule has 94 valence electrons. The summed E-state index contributed by atoms with van der Waals surface area (Å²) in [5.41, 5.74) is 0. The average molecular weight is 327 g/mol. The van der Waals surface area contributed by atoms with Crippen LogP contribution in [0.5, 0.6) is 5.75 Å². The monoisotopic (exact) mass is 326 g/mol. The zero-order valence-electron chi connectivity index (χ0n) is 9.67. The molecule has 6 heteroatoms. The molecular weight excluding hydrogens is 316 g/mol. The lowest BCUT2D eigenvalue weighted by atomic mass is 10.3. The van der Waals surface area contributed by atoms with Gasteiger partial charge < -0.3 is 9.30 Å². The zero-order chi connectivity index (χ0) is 13.0. The van der Waals surface area contributed by atoms with E-state index in [1.165, 1.54) is 11.3 Å². The molecule has 0 aliphatic heterocycles. The molecular formula is C12H11BrN2O2S. The van der Waals surface area contributed by atoms with Crippen LogP contribution >= 0.6 is 27.3 Å². The summed E-state index contributed by atoms with van der Waals surface area (Å²) < 4.78 is 8.06. The predicted molar refractivity (Wildman–Crippen MR) is 73.5 cm³/mol. The molecule has 0 aliphatic carbocycles. The quantitative estimate of drug-likeness (QED) is 0.869. The summed E-state index contributed by atoms with van der Waals surface area (Å²) in [6.07, 6.45) is 1.85. The van der Waals surface area contributed by atoms with E-state index in [0.29, 0.717) is 10.6 Å². The Balaban J connectivity index is 1.99. The molecule has 0 aliphatic rings. The van der Waals surface area contributed by atoms with E-state index >= 15 is 0 Å². The number of nitrogens with zero attached hydrogens (tertiary/aromatic N) is 2. The second kappa shape index (κ2) is 5.97. The Morgan fingerprint density at radius 2 is 2.39 bits per heavy atom. The van der Waals surface area contributed by atoms with Gasteiger partial charge >= 0.3 is 0 Å². The van der Waals surface area contributed by atoms with Crippen molar-refractivity contribution in [1.82, 2.24) is 4.57 Å². The highest BCUT2D eigenvalue weighted by Crippen LogP contribution is 2.17. The second-order valence-electron chi connectivity index (χ2n) is 3.55. The Morgan fingerprint density at radius 1 is 1.56 bits per heavy atom. The van der Waals surface area contributed by atoms with Gasteiger partial charge in [-0.3, -0.25) is 4.79 Å². The third-order valence-corrected chi connectivity index (χ3v) is 3.48. The summed E-state index contributed by atoms with van der Waals surface area (Å²) in [6, 6.07) is 7.34. The first kappa shape index (κ1) is 13.0. The lowest BCUT2D eigenvalue weighted by molar-refractivity contribution is -0.120. The van der Waals surface area contributed by atoms with Crippen molar-refractivity contribution in [2.24, 2.45) is 12.0 Å². The van der Waals surface area contributed by atoms with E-state index in [4.69, 9.17) is 4.74 Å². The van der Waals surface area contributed by atoms with Crippen LogP contribution in [-0.4, -0.2) is 17.1 Å². The Bertz CT molecular complexity index is 618. The molecule has 1 aromatic carbocycles. The lowest BCUT2D eigenvalue weighted by Gasteiger charge is -2.03. The molecule has 0 saturated heterocycles. The summed E-state index contributed by atoms with van der Waals surface area (Å²) in [4.78, 5) is 16.2. The molecule has 2 rings (SSSR count). The summed E-state index contributed by atoms with van der Waals surface area (Å²) in [5, 5.41) is 1.88. The topological polar surface area (TPSA) is 43.6 Å². The molecule has 0 fully saturated rings. The summed E-state index contributed by atoms with van der Waals surface area (Å²) in [6.45, 7) is -0.0612. The summed E-state index contributed by atoms with van der Waals surface area (Å²) in [5.74, 6) is 0.344. The number of amides is 1. The number of hydrogen-bond donors (Lipinski definition) is 0. The van der Waals surface area contributed by atoms with Crippen LogP contribution in [0.1, 0.15) is 0 Å². The van der Waals surface area contributed by atoms with Gasteiger partial charge in [-0.2, -0.15) is 4.99 Å². The predicted octanol–water partition coefficient (Wildman–Crippen LogP) is 2.36. The van der Waals surface area contributed by atoms with E-state index in [1.807, 2.05) is 30.8 Å². The highest BCUT2D eigenvalue weighted by molar-refractivity contribution is 9.10. The number of ether oxygens (including phenoxy) is 1. The first-order valence-electron chi connectivity index (χ1n) is 5.21. The molecule has 2 aromatic rings. The number of aromatic nitrogens is 1. The van der Waals surface area contributed by atoms with Crippen molar-refractivity contribution >= 4 is 33.2 Å². The average Bonchev–Trinajstić information content (AvgIpc) is 2.73. The molecule has 1 aromatic heterocycles. The molecule has 0 atom stereocenters. The van der Waals surface area contributed by atoms with E-state index in [2.05, 4.69) is 20.9 Å². The van der Waals surface area contributed by atoms with Gasteiger partial charge in [-0.15, -0.1) is 11.3 Å². The van der Waals surface area contributed by atoms with Gasteiger partial charge in [0.1, 0.15) is 5.75 Å². The number of hydrogen-bond acceptors (Lipinski definition) is 3. The largest absolute Gasteiger partial charge is 0.484 e. The van der Waals surface area contributed by atoms with Crippen LogP contribution in [0.3, 0.4) is 0 Å². The summed E-state index contributed by atoms with van der Waals surface area (Å²) >= 11 is 4.75. The number of carbonyl (C=O) groups is 1. The number of benzene rings is 1. The van der Waals surface area contributed by atoms with Crippen molar-refractivity contribution in [2.75, 3.05) is 6.61 Å². The molecule has 0 N–H and O–H groups in total. The van der Waals surface area contributed by atoms with Gasteiger partial charge in [0.05, 0.1) is 0 Å². The first-order valence-corrected chi connectivity index (χ1v) is 6.88. The highest BCUT2D eigenvalue weighted by Gasteiger charge is 2.02. The van der Waals surface area contributed by atoms with Crippen molar-refractivity contribution in [2.45, 2.75) is 0 Å². The molecule has 0 radical (unpaired) electrons. The number of rotatable bonds is 3. The number of thiazole rings is 1. The Morgan fingerprint density at radius 3 is 3.06 bits per heavy atom. The molecule has 0 spiro atoms. The van der Waals surface area contributed by atoms with E-state index in [1.54, 1.807) is 16.7 Å². The fourth-order valence-electron chi connectivity index (χ4n) is 1.28. The minimum Gasteiger partial charge on any atom is -0.484 e. The van der Waals surface area contributed by atoms with Gasteiger partial charge in [0, 0.05) is 23.1 Å². The van der Waals surface area contributed by atoms with Crippen LogP contribution in [0.4, 0.5) is 0 Å². The molecule has 0 unspecified atom stereocenters. The molecule has 0 saturated carbocycles. The van der Waals surface area contributed by atoms with Crippen molar-refractivity contribution in [3.8, 4) is 5.75 Å². The van der Waals surface area contributed by atoms with Crippen LogP contribution in [0.25, 0.3) is 0 Å². The van der Waals surface area contributed by atoms with Gasteiger partial charge in [-0.25, -0.2) is 0 Å². The Hall–Kier alpha value is -1.40. The van der Waals surface area contributed by atoms with Crippen LogP contribution < -0.4 is 9.54 Å². The van der Waals surface area contributed by atoms with Crippen molar-refractivity contribution in [3.05, 3.63) is 45.1 Å². The van der Waals surface area contributed by atoms with E-state index in [9.17, 15) is 4.79 Å². The smallest absolute Gasteiger partial charge is 0.286 e. The zero-order valence-corrected chi connectivity index (χ0v) is 12.1. The standard InChI is InChI=1S/C12H11BrN2O2S/c1-15-5-6-18-12(15)14-11(16)8-17-10-4-2-3-9(13)7-10/h2-7H,8H2,1H3. The molecule has 1 amide bonds. The van der Waals surface area contributed by atoms with Crippen LogP contribution in [0.15, 0.2) is 45.3 Å². The maximum absolute atomic E-state index is 11.6. The normalized spacial score (nSPS) is 11.6. The number of carbonyl (C=O) groups excluding carboxylic acids is 1. The van der Waals surface area contributed by atoms with Crippen molar-refractivity contribution in [1.29, 1.82) is 0 Å². The van der Waals surface area contributed by atoms with Crippen LogP contribution in [0.2, 0.25) is 0 Å². The van der Waals surface area contributed by atoms with Crippen LogP contribution in [0, 0.1) is 0 Å². The SMILES string of the molecule is Cn1ccsc1=NC(=O)COc1cccc(Br)c1. The van der Waals surface area contributed by atoms with Gasteiger partial charge in [-0.05, 0) is 18.2 Å². The van der Waals surface area contributed by atoms with Gasteiger partial charge in [0.2, 0.25) is 0 Å². The maximum atomic E-state index is 11.6. The van der Waals surface area contributed by atoms with E-state index in [-0.39, 0.29) is 12.5 Å². The van der Waals surface area contributed by atoms with Gasteiger partial charge in [0.25, 0.3) is 5.91 Å². The molecule has 4 nitrogen and oxygen atoms in total. The van der Waals surface area contributed by atoms with Crippen LogP contribution in [-0.2, 0) is 11.8 Å². The third-order valence-electron chi connectivity index (χ3n) is 2.14. The highest BCUT2D eigenvalue weighted by atomic mass is 79.9. The third kappa shape index (κ3) is 3.54. The van der Waals surface area contributed by atoms with Crippen molar-refractivity contribution in [3.63, 3.8) is 0 Å². The number of halogens is 1. The fraction of sp³-hybridized carbons (Fsp3) is 0.167. The second-order valence-corrected chi connectivity index (χ2v) is 5.34. The van der Waals surface area contributed by atoms with Gasteiger partial charge in [0.15, 0.2) is 11.4 Å². The number of aryl methyl sites for hydroxylation is 1. The minimum absolute atomic E-state index is 0.0612. The van der Waals surface area contributed by atoms with Gasteiger partial charge in [-0.1, -0.05) is 22.0 Å². The minimum atomic E-state index is -0.298. The fourth-order valence-corrected chi connectivity index (χ4v) is 2.40.